The molecule has 0 saturated heterocycles. The Labute approximate surface area is 95.0 Å². The maximum absolute atomic E-state index is 11.4. The molecule has 0 aliphatic heterocycles. The highest BCUT2D eigenvalue weighted by atomic mass is 16.5. The molecule has 1 atom stereocenters. The second-order valence-electron chi connectivity index (χ2n) is 4.27. The first kappa shape index (κ1) is 11.1. The normalized spacial score (nSPS) is 19.0. The van der Waals surface area contributed by atoms with E-state index in [0.29, 0.717) is 11.5 Å². The summed E-state index contributed by atoms with van der Waals surface area (Å²) in [5.41, 5.74) is 3.08. The van der Waals surface area contributed by atoms with E-state index in [1.165, 1.54) is 18.2 Å². The van der Waals surface area contributed by atoms with Crippen LogP contribution in [0.15, 0.2) is 18.2 Å². The van der Waals surface area contributed by atoms with E-state index in [2.05, 4.69) is 0 Å². The van der Waals surface area contributed by atoms with E-state index >= 15 is 0 Å². The molecule has 16 heavy (non-hydrogen) atoms. The number of aliphatic hydroxyl groups is 1. The zero-order valence-corrected chi connectivity index (χ0v) is 9.40. The standard InChI is InChI=1S/C13H16O3/c1-16-13(15)12-5-4-10-6-9(8-14)2-3-11(10)7-12/h4-5,7,9,14H,2-3,6,8H2,1H3/t9-/m0/s1. The number of carbonyl (C=O) groups excluding carboxylic acids is 1. The van der Waals surface area contributed by atoms with E-state index in [4.69, 9.17) is 9.84 Å². The van der Waals surface area contributed by atoms with Gasteiger partial charge in [0, 0.05) is 6.61 Å². The number of hydrogen-bond donors (Lipinski definition) is 1. The highest BCUT2D eigenvalue weighted by Crippen LogP contribution is 2.26. The van der Waals surface area contributed by atoms with Crippen molar-refractivity contribution in [1.29, 1.82) is 0 Å². The van der Waals surface area contributed by atoms with Crippen LogP contribution < -0.4 is 0 Å². The van der Waals surface area contributed by atoms with Gasteiger partial charge in [-0.05, 0) is 48.4 Å². The summed E-state index contributed by atoms with van der Waals surface area (Å²) >= 11 is 0. The van der Waals surface area contributed by atoms with Crippen LogP contribution in [0, 0.1) is 5.92 Å². The summed E-state index contributed by atoms with van der Waals surface area (Å²) < 4.78 is 4.69. The van der Waals surface area contributed by atoms with Crippen LogP contribution in [-0.2, 0) is 17.6 Å². The van der Waals surface area contributed by atoms with Gasteiger partial charge < -0.3 is 9.84 Å². The molecule has 0 unspecified atom stereocenters. The number of benzene rings is 1. The van der Waals surface area contributed by atoms with Gasteiger partial charge in [0.25, 0.3) is 0 Å². The van der Waals surface area contributed by atoms with E-state index < -0.39 is 0 Å². The minimum atomic E-state index is -0.285. The molecule has 1 N–H and O–H groups in total. The third-order valence-corrected chi connectivity index (χ3v) is 3.22. The second-order valence-corrected chi connectivity index (χ2v) is 4.27. The van der Waals surface area contributed by atoms with E-state index in [9.17, 15) is 4.79 Å². The minimum absolute atomic E-state index is 0.248. The van der Waals surface area contributed by atoms with Crippen LogP contribution in [0.3, 0.4) is 0 Å². The number of methoxy groups -OCH3 is 1. The topological polar surface area (TPSA) is 46.5 Å². The van der Waals surface area contributed by atoms with Gasteiger partial charge in [-0.15, -0.1) is 0 Å². The summed E-state index contributed by atoms with van der Waals surface area (Å²) in [5, 5.41) is 9.12. The lowest BCUT2D eigenvalue weighted by Gasteiger charge is -2.23. The molecule has 0 aromatic heterocycles. The lowest BCUT2D eigenvalue weighted by Crippen LogP contribution is -2.18. The van der Waals surface area contributed by atoms with E-state index in [0.717, 1.165) is 19.3 Å². The minimum Gasteiger partial charge on any atom is -0.465 e. The van der Waals surface area contributed by atoms with Gasteiger partial charge >= 0.3 is 5.97 Å². The molecule has 1 aliphatic rings. The van der Waals surface area contributed by atoms with Crippen molar-refractivity contribution in [2.24, 2.45) is 5.92 Å². The third-order valence-electron chi connectivity index (χ3n) is 3.22. The molecular formula is C13H16O3. The van der Waals surface area contributed by atoms with Crippen LogP contribution >= 0.6 is 0 Å². The summed E-state index contributed by atoms with van der Waals surface area (Å²) in [6.07, 6.45) is 2.84. The van der Waals surface area contributed by atoms with Gasteiger partial charge in [-0.1, -0.05) is 6.07 Å². The molecular weight excluding hydrogens is 204 g/mol. The van der Waals surface area contributed by atoms with Crippen LogP contribution in [-0.4, -0.2) is 24.8 Å². The average Bonchev–Trinajstić information content (AvgIpc) is 2.36. The van der Waals surface area contributed by atoms with Crippen molar-refractivity contribution in [2.45, 2.75) is 19.3 Å². The van der Waals surface area contributed by atoms with Crippen molar-refractivity contribution >= 4 is 5.97 Å². The molecule has 0 saturated carbocycles. The van der Waals surface area contributed by atoms with E-state index in [1.54, 1.807) is 6.07 Å². The first-order valence-electron chi connectivity index (χ1n) is 5.55. The highest BCUT2D eigenvalue weighted by Gasteiger charge is 2.19. The maximum atomic E-state index is 11.4. The van der Waals surface area contributed by atoms with Gasteiger partial charge in [-0.2, -0.15) is 0 Å². The molecule has 0 heterocycles. The van der Waals surface area contributed by atoms with Gasteiger partial charge in [0.2, 0.25) is 0 Å². The Balaban J connectivity index is 2.24. The average molecular weight is 220 g/mol. The van der Waals surface area contributed by atoms with Gasteiger partial charge in [-0.3, -0.25) is 0 Å². The van der Waals surface area contributed by atoms with Crippen molar-refractivity contribution in [3.63, 3.8) is 0 Å². The summed E-state index contributed by atoms with van der Waals surface area (Å²) in [7, 11) is 1.39. The smallest absolute Gasteiger partial charge is 0.337 e. The fraction of sp³-hybridized carbons (Fsp3) is 0.462. The number of carbonyl (C=O) groups is 1. The Morgan fingerprint density at radius 1 is 1.50 bits per heavy atom. The highest BCUT2D eigenvalue weighted by molar-refractivity contribution is 5.89. The van der Waals surface area contributed by atoms with Crippen LogP contribution in [0.5, 0.6) is 0 Å². The van der Waals surface area contributed by atoms with Crippen molar-refractivity contribution < 1.29 is 14.6 Å². The first-order chi connectivity index (χ1) is 7.74. The number of fused-ring (bicyclic) bond motifs is 1. The summed E-state index contributed by atoms with van der Waals surface area (Å²) in [6.45, 7) is 0.248. The van der Waals surface area contributed by atoms with Crippen LogP contribution in [0.1, 0.15) is 27.9 Å². The molecule has 1 aromatic carbocycles. The number of esters is 1. The molecule has 1 aliphatic carbocycles. The Morgan fingerprint density at radius 3 is 3.00 bits per heavy atom. The van der Waals surface area contributed by atoms with Gasteiger partial charge in [0.15, 0.2) is 0 Å². The summed E-state index contributed by atoms with van der Waals surface area (Å²) in [5.74, 6) is 0.0866. The predicted octanol–water partition coefficient (Wildman–Crippen LogP) is 1.57. The fourth-order valence-corrected chi connectivity index (χ4v) is 2.23. The second kappa shape index (κ2) is 4.66. The molecule has 0 bridgehead atoms. The lowest BCUT2D eigenvalue weighted by atomic mass is 9.83. The predicted molar refractivity (Wildman–Crippen MR) is 60.4 cm³/mol. The SMILES string of the molecule is COC(=O)c1ccc2c(c1)CC[C@H](CO)C2. The Bertz CT molecular complexity index is 398. The monoisotopic (exact) mass is 220 g/mol. The maximum Gasteiger partial charge on any atom is 0.337 e. The Morgan fingerprint density at radius 2 is 2.31 bits per heavy atom. The van der Waals surface area contributed by atoms with Crippen molar-refractivity contribution in [3.05, 3.63) is 34.9 Å². The number of aryl methyl sites for hydroxylation is 1. The Hall–Kier alpha value is -1.35. The molecule has 0 radical (unpaired) electrons. The largest absolute Gasteiger partial charge is 0.465 e. The first-order valence-corrected chi connectivity index (χ1v) is 5.55. The summed E-state index contributed by atoms with van der Waals surface area (Å²) in [6, 6.07) is 5.68. The van der Waals surface area contributed by atoms with Crippen molar-refractivity contribution in [3.8, 4) is 0 Å². The molecule has 2 rings (SSSR count). The van der Waals surface area contributed by atoms with Crippen LogP contribution in [0.2, 0.25) is 0 Å². The Kier molecular flexibility index (Phi) is 3.25. The molecule has 3 heteroatoms. The quantitative estimate of drug-likeness (QED) is 0.769. The molecule has 86 valence electrons. The molecule has 0 fully saturated rings. The zero-order chi connectivity index (χ0) is 11.5. The third kappa shape index (κ3) is 2.09. The van der Waals surface area contributed by atoms with Crippen LogP contribution in [0.25, 0.3) is 0 Å². The molecule has 0 amide bonds. The summed E-state index contributed by atoms with van der Waals surface area (Å²) in [4.78, 5) is 11.4. The molecule has 1 aromatic rings. The van der Waals surface area contributed by atoms with Gasteiger partial charge in [0.1, 0.15) is 0 Å². The van der Waals surface area contributed by atoms with Crippen molar-refractivity contribution in [1.82, 2.24) is 0 Å². The molecule has 3 nitrogen and oxygen atoms in total. The fourth-order valence-electron chi connectivity index (χ4n) is 2.23. The van der Waals surface area contributed by atoms with E-state index in [-0.39, 0.29) is 12.6 Å². The van der Waals surface area contributed by atoms with Gasteiger partial charge in [0.05, 0.1) is 12.7 Å². The zero-order valence-electron chi connectivity index (χ0n) is 9.40. The number of rotatable bonds is 2. The number of hydrogen-bond acceptors (Lipinski definition) is 3. The number of aliphatic hydroxyl groups excluding tert-OH is 1. The lowest BCUT2D eigenvalue weighted by molar-refractivity contribution is 0.0600. The van der Waals surface area contributed by atoms with Crippen molar-refractivity contribution in [2.75, 3.05) is 13.7 Å². The molecule has 0 spiro atoms. The van der Waals surface area contributed by atoms with Crippen LogP contribution in [0.4, 0.5) is 0 Å². The van der Waals surface area contributed by atoms with E-state index in [1.807, 2.05) is 12.1 Å². The van der Waals surface area contributed by atoms with Gasteiger partial charge in [-0.25, -0.2) is 4.79 Å². The number of ether oxygens (including phenoxy) is 1.